The number of carboxylic acid groups (broad SMARTS) is 1. The van der Waals surface area contributed by atoms with E-state index in [1.807, 2.05) is 54.6 Å². The first-order valence-electron chi connectivity index (χ1n) is 10.0. The van der Waals surface area contributed by atoms with Gasteiger partial charge in [-0.15, -0.1) is 0 Å². The summed E-state index contributed by atoms with van der Waals surface area (Å²) in [4.78, 5) is 24.2. The molecule has 0 atom stereocenters. The maximum Gasteiger partial charge on any atom is 0.490 e. The fourth-order valence-corrected chi connectivity index (χ4v) is 3.76. The van der Waals surface area contributed by atoms with Crippen molar-refractivity contribution in [3.05, 3.63) is 70.7 Å². The first-order chi connectivity index (χ1) is 15.7. The Morgan fingerprint density at radius 2 is 1.64 bits per heavy atom. The lowest BCUT2D eigenvalue weighted by molar-refractivity contribution is -0.192. The average molecular weight is 524 g/mol. The molecule has 1 fully saturated rings. The van der Waals surface area contributed by atoms with Crippen LogP contribution in [0.5, 0.6) is 0 Å². The first kappa shape index (κ1) is 24.5. The molecule has 0 unspecified atom stereocenters. The van der Waals surface area contributed by atoms with Crippen LogP contribution >= 0.6 is 15.9 Å². The Morgan fingerprint density at radius 1 is 1.00 bits per heavy atom. The highest BCUT2D eigenvalue weighted by Crippen LogP contribution is 2.31. The third-order valence-corrected chi connectivity index (χ3v) is 5.43. The zero-order valence-electron chi connectivity index (χ0n) is 17.3. The molecule has 1 heterocycles. The topological polar surface area (TPSA) is 81.7 Å². The number of rotatable bonds is 3. The number of aliphatic carboxylic acids is 1. The molecule has 1 saturated heterocycles. The van der Waals surface area contributed by atoms with Gasteiger partial charge < -0.3 is 20.6 Å². The molecule has 6 nitrogen and oxygen atoms in total. The molecule has 0 spiro atoms. The summed E-state index contributed by atoms with van der Waals surface area (Å²) in [6.07, 6.45) is -5.08. The molecule has 0 radical (unpaired) electrons. The number of nitrogens with zero attached hydrogens (tertiary/aromatic N) is 1. The van der Waals surface area contributed by atoms with Gasteiger partial charge in [0.15, 0.2) is 0 Å². The third kappa shape index (κ3) is 6.45. The Bertz CT molecular complexity index is 1140. The van der Waals surface area contributed by atoms with Crippen LogP contribution in [-0.2, 0) is 4.79 Å². The number of carbonyl (C=O) groups is 2. The minimum Gasteiger partial charge on any atom is -0.475 e. The number of halogens is 4. The van der Waals surface area contributed by atoms with Gasteiger partial charge in [0.2, 0.25) is 0 Å². The summed E-state index contributed by atoms with van der Waals surface area (Å²) in [5.74, 6) is -2.84. The number of carboxylic acids is 1. The van der Waals surface area contributed by atoms with Gasteiger partial charge in [0.1, 0.15) is 0 Å². The second kappa shape index (κ2) is 10.7. The van der Waals surface area contributed by atoms with Crippen LogP contribution in [0.1, 0.15) is 10.4 Å². The number of nitrogens with one attached hydrogen (secondary N) is 2. The van der Waals surface area contributed by atoms with Crippen LogP contribution in [-0.4, -0.2) is 49.3 Å². The number of piperazine rings is 1. The third-order valence-electron chi connectivity index (χ3n) is 4.94. The average Bonchev–Trinajstić information content (AvgIpc) is 2.79. The van der Waals surface area contributed by atoms with Gasteiger partial charge in [0.05, 0.1) is 11.4 Å². The van der Waals surface area contributed by atoms with Gasteiger partial charge in [0.25, 0.3) is 5.91 Å². The number of amides is 1. The predicted molar refractivity (Wildman–Crippen MR) is 125 cm³/mol. The van der Waals surface area contributed by atoms with Gasteiger partial charge in [0, 0.05) is 36.2 Å². The number of alkyl halides is 3. The summed E-state index contributed by atoms with van der Waals surface area (Å²) < 4.78 is 32.7. The lowest BCUT2D eigenvalue weighted by atomic mass is 10.0. The summed E-state index contributed by atoms with van der Waals surface area (Å²) in [5.41, 5.74) is 2.58. The highest BCUT2D eigenvalue weighted by atomic mass is 79.9. The molecule has 0 bridgehead atoms. The molecular weight excluding hydrogens is 503 g/mol. The van der Waals surface area contributed by atoms with Crippen molar-refractivity contribution in [2.24, 2.45) is 0 Å². The van der Waals surface area contributed by atoms with E-state index in [-0.39, 0.29) is 5.91 Å². The summed E-state index contributed by atoms with van der Waals surface area (Å²) in [6, 6.07) is 19.8. The minimum atomic E-state index is -5.08. The minimum absolute atomic E-state index is 0.0868. The van der Waals surface area contributed by atoms with Crippen molar-refractivity contribution in [1.29, 1.82) is 0 Å². The summed E-state index contributed by atoms with van der Waals surface area (Å²) in [7, 11) is 0. The summed E-state index contributed by atoms with van der Waals surface area (Å²) in [6.45, 7) is 3.76. The maximum absolute atomic E-state index is 13.0. The predicted octanol–water partition coefficient (Wildman–Crippen LogP) is 4.90. The SMILES string of the molecule is O=C(Nc1cc(Br)ccc1N1CCNCC1)c1cccc2ccccc12.O=C(O)C(F)(F)F. The van der Waals surface area contributed by atoms with Crippen molar-refractivity contribution >= 4 is 50.0 Å². The normalized spacial score (nSPS) is 13.8. The van der Waals surface area contributed by atoms with E-state index in [9.17, 15) is 18.0 Å². The highest BCUT2D eigenvalue weighted by molar-refractivity contribution is 9.10. The summed E-state index contributed by atoms with van der Waals surface area (Å²) in [5, 5.41) is 15.6. The van der Waals surface area contributed by atoms with Crippen molar-refractivity contribution in [2.45, 2.75) is 6.18 Å². The number of carbonyl (C=O) groups excluding carboxylic acids is 1. The van der Waals surface area contributed by atoms with Crippen molar-refractivity contribution in [3.8, 4) is 0 Å². The van der Waals surface area contributed by atoms with Gasteiger partial charge in [-0.3, -0.25) is 4.79 Å². The Hall–Kier alpha value is -3.11. The van der Waals surface area contributed by atoms with Crippen molar-refractivity contribution in [1.82, 2.24) is 5.32 Å². The second-order valence-corrected chi connectivity index (χ2v) is 8.10. The Kier molecular flexibility index (Phi) is 7.93. The monoisotopic (exact) mass is 523 g/mol. The van der Waals surface area contributed by atoms with Gasteiger partial charge in [-0.1, -0.05) is 52.3 Å². The van der Waals surface area contributed by atoms with Crippen molar-refractivity contribution < 1.29 is 27.9 Å². The number of hydrogen-bond acceptors (Lipinski definition) is 4. The van der Waals surface area contributed by atoms with Crippen molar-refractivity contribution in [2.75, 3.05) is 36.4 Å². The highest BCUT2D eigenvalue weighted by Gasteiger charge is 2.38. The van der Waals surface area contributed by atoms with Gasteiger partial charge in [-0.2, -0.15) is 13.2 Å². The van der Waals surface area contributed by atoms with Gasteiger partial charge in [-0.25, -0.2) is 4.79 Å². The molecule has 0 saturated carbocycles. The van der Waals surface area contributed by atoms with Crippen LogP contribution in [0, 0.1) is 0 Å². The van der Waals surface area contributed by atoms with E-state index in [4.69, 9.17) is 9.90 Å². The smallest absolute Gasteiger partial charge is 0.475 e. The van der Waals surface area contributed by atoms with E-state index in [0.29, 0.717) is 5.56 Å². The first-order valence-corrected chi connectivity index (χ1v) is 10.8. The number of benzene rings is 3. The molecule has 3 N–H and O–H groups in total. The van der Waals surface area contributed by atoms with Gasteiger partial charge in [-0.05, 0) is 35.0 Å². The number of fused-ring (bicyclic) bond motifs is 1. The van der Waals surface area contributed by atoms with Gasteiger partial charge >= 0.3 is 12.1 Å². The van der Waals surface area contributed by atoms with E-state index in [0.717, 1.165) is 52.8 Å². The Labute approximate surface area is 196 Å². The molecule has 1 aliphatic heterocycles. The van der Waals surface area contributed by atoms with E-state index in [1.54, 1.807) is 0 Å². The van der Waals surface area contributed by atoms with Crippen LogP contribution in [0.15, 0.2) is 65.1 Å². The molecule has 4 rings (SSSR count). The lowest BCUT2D eigenvalue weighted by Gasteiger charge is -2.31. The molecule has 1 amide bonds. The maximum atomic E-state index is 13.0. The molecular formula is C23H21BrF3N3O3. The molecule has 0 aromatic heterocycles. The van der Waals surface area contributed by atoms with Crippen LogP contribution in [0.4, 0.5) is 24.5 Å². The quantitative estimate of drug-likeness (QED) is 0.455. The van der Waals surface area contributed by atoms with E-state index in [1.165, 1.54) is 0 Å². The lowest BCUT2D eigenvalue weighted by Crippen LogP contribution is -2.43. The number of anilines is 2. The fraction of sp³-hybridized carbons (Fsp3) is 0.217. The zero-order chi connectivity index (χ0) is 24.0. The van der Waals surface area contributed by atoms with E-state index < -0.39 is 12.1 Å². The fourth-order valence-electron chi connectivity index (χ4n) is 3.40. The van der Waals surface area contributed by atoms with E-state index >= 15 is 0 Å². The zero-order valence-corrected chi connectivity index (χ0v) is 18.9. The molecule has 1 aliphatic rings. The second-order valence-electron chi connectivity index (χ2n) is 7.18. The van der Waals surface area contributed by atoms with E-state index in [2.05, 4.69) is 37.5 Å². The molecule has 33 heavy (non-hydrogen) atoms. The number of hydrogen-bond donors (Lipinski definition) is 3. The molecule has 3 aromatic carbocycles. The molecule has 174 valence electrons. The van der Waals surface area contributed by atoms with Crippen LogP contribution in [0.3, 0.4) is 0 Å². The van der Waals surface area contributed by atoms with Crippen LogP contribution in [0.25, 0.3) is 10.8 Å². The van der Waals surface area contributed by atoms with Crippen molar-refractivity contribution in [3.63, 3.8) is 0 Å². The molecule has 3 aromatic rings. The van der Waals surface area contributed by atoms with Crippen LogP contribution < -0.4 is 15.5 Å². The molecule has 10 heteroatoms. The Morgan fingerprint density at radius 3 is 2.30 bits per heavy atom. The van der Waals surface area contributed by atoms with Crippen LogP contribution in [0.2, 0.25) is 0 Å². The largest absolute Gasteiger partial charge is 0.490 e. The standard InChI is InChI=1S/C21H20BrN3O.C2HF3O2/c22-16-8-9-20(25-12-10-23-11-13-25)19(14-16)24-21(26)18-7-3-5-15-4-1-2-6-17(15)18;3-2(4,5)1(6)7/h1-9,14,23H,10-13H2,(H,24,26);(H,6,7). The summed E-state index contributed by atoms with van der Waals surface area (Å²) >= 11 is 3.52. The Balaban J connectivity index is 0.000000383. The molecule has 0 aliphatic carbocycles.